The van der Waals surface area contributed by atoms with E-state index in [0.717, 1.165) is 62.7 Å². The molecule has 0 bridgehead atoms. The van der Waals surface area contributed by atoms with E-state index in [0.29, 0.717) is 11.3 Å². The lowest BCUT2D eigenvalue weighted by Gasteiger charge is -2.27. The van der Waals surface area contributed by atoms with Gasteiger partial charge in [0.1, 0.15) is 12.2 Å². The molecule has 3 aromatic carbocycles. The third kappa shape index (κ3) is 6.05. The van der Waals surface area contributed by atoms with Crippen LogP contribution in [0.5, 0.6) is 0 Å². The Morgan fingerprint density at radius 2 is 1.57 bits per heavy atom. The third-order valence-electron chi connectivity index (χ3n) is 11.0. The first-order valence-corrected chi connectivity index (χ1v) is 18.6. The van der Waals surface area contributed by atoms with Gasteiger partial charge in [-0.15, -0.1) is 5.10 Å². The van der Waals surface area contributed by atoms with Crippen LogP contribution in [0.4, 0.5) is 11.4 Å². The molecular formula is C45H50N5O+. The highest BCUT2D eigenvalue weighted by Crippen LogP contribution is 2.48. The molecule has 7 rings (SSSR count). The molecule has 260 valence electrons. The van der Waals surface area contributed by atoms with E-state index >= 15 is 0 Å². The molecule has 0 atom stereocenters. The normalized spacial score (nSPS) is 19.5. The van der Waals surface area contributed by atoms with Gasteiger partial charge in [-0.25, -0.2) is 4.68 Å². The van der Waals surface area contributed by atoms with Crippen molar-refractivity contribution in [1.29, 1.82) is 0 Å². The molecule has 6 heteroatoms. The average Bonchev–Trinajstić information content (AvgIpc) is 3.77. The highest BCUT2D eigenvalue weighted by Gasteiger charge is 2.44. The maximum atomic E-state index is 12.0. The minimum Gasteiger partial charge on any atom is -0.344 e. The highest BCUT2D eigenvalue weighted by molar-refractivity contribution is 6.03. The summed E-state index contributed by atoms with van der Waals surface area (Å²) in [5, 5.41) is 9.35. The van der Waals surface area contributed by atoms with E-state index in [-0.39, 0.29) is 10.8 Å². The lowest BCUT2D eigenvalue weighted by molar-refractivity contribution is -0.437. The van der Waals surface area contributed by atoms with Crippen molar-refractivity contribution in [2.24, 2.45) is 0 Å². The van der Waals surface area contributed by atoms with Crippen LogP contribution in [0.25, 0.3) is 17.0 Å². The number of rotatable bonds is 10. The molecule has 3 heterocycles. The topological polar surface area (TPSA) is 54.0 Å². The van der Waals surface area contributed by atoms with E-state index in [1.54, 1.807) is 0 Å². The van der Waals surface area contributed by atoms with Crippen LogP contribution in [-0.4, -0.2) is 44.7 Å². The molecule has 0 N–H and O–H groups in total. The average molecular weight is 677 g/mol. The fraction of sp³-hybridized carbons (Fsp3) is 0.333. The predicted molar refractivity (Wildman–Crippen MR) is 210 cm³/mol. The second-order valence-corrected chi connectivity index (χ2v) is 15.0. The number of anilines is 1. The molecule has 4 aromatic rings. The monoisotopic (exact) mass is 676 g/mol. The Hall–Kier alpha value is -5.10. The summed E-state index contributed by atoms with van der Waals surface area (Å²) in [6.07, 6.45) is 17.3. The van der Waals surface area contributed by atoms with Gasteiger partial charge in [-0.2, -0.15) is 4.58 Å². The number of nitrogens with zero attached hydrogens (tertiary/aromatic N) is 5. The van der Waals surface area contributed by atoms with Gasteiger partial charge in [0.2, 0.25) is 5.69 Å². The lowest BCUT2D eigenvalue weighted by atomic mass is 9.81. The van der Waals surface area contributed by atoms with Crippen LogP contribution in [0, 0.1) is 0 Å². The second kappa shape index (κ2) is 13.9. The summed E-state index contributed by atoms with van der Waals surface area (Å²) in [7, 11) is 0. The molecule has 3 aliphatic rings. The SMILES string of the molecule is CCCN1/C(=C/C=C2\CCCC(/C=C/C3=[N+](CCC)c4ccccc4C3(C)C)=C2n2cc(-c3ccccc3C=O)nn2)C(C)(C)c2ccccc21. The summed E-state index contributed by atoms with van der Waals surface area (Å²) in [5.41, 5.74) is 13.4. The Morgan fingerprint density at radius 1 is 0.824 bits per heavy atom. The largest absolute Gasteiger partial charge is 0.344 e. The zero-order chi connectivity index (χ0) is 35.8. The fourth-order valence-electron chi connectivity index (χ4n) is 8.43. The van der Waals surface area contributed by atoms with Crippen molar-refractivity contribution in [2.75, 3.05) is 18.0 Å². The molecule has 0 radical (unpaired) electrons. The van der Waals surface area contributed by atoms with Crippen molar-refractivity contribution in [3.05, 3.63) is 137 Å². The van der Waals surface area contributed by atoms with Gasteiger partial charge in [0.15, 0.2) is 12.0 Å². The zero-order valence-electron chi connectivity index (χ0n) is 31.0. The number of allylic oxidation sites excluding steroid dienone is 8. The van der Waals surface area contributed by atoms with Crippen LogP contribution in [0.3, 0.4) is 0 Å². The van der Waals surface area contributed by atoms with Crippen LogP contribution in [0.1, 0.15) is 95.1 Å². The van der Waals surface area contributed by atoms with Crippen LogP contribution < -0.4 is 4.90 Å². The van der Waals surface area contributed by atoms with E-state index in [1.807, 2.05) is 35.1 Å². The molecular weight excluding hydrogens is 627 g/mol. The Morgan fingerprint density at radius 3 is 2.35 bits per heavy atom. The Bertz CT molecular complexity index is 2140. The van der Waals surface area contributed by atoms with Crippen LogP contribution in [0.15, 0.2) is 120 Å². The second-order valence-electron chi connectivity index (χ2n) is 15.0. The van der Waals surface area contributed by atoms with E-state index in [1.165, 1.54) is 45.1 Å². The van der Waals surface area contributed by atoms with Crippen LogP contribution in [0.2, 0.25) is 0 Å². The molecule has 1 aliphatic carbocycles. The number of aromatic nitrogens is 3. The minimum atomic E-state index is -0.120. The standard InChI is InChI=1S/C45H50N5O/c1-7-28-48-39-22-13-11-20-36(39)44(3,4)41(48)26-24-32-17-15-18-33(43(32)50-30-38(46-47-50)35-19-10-9-16-34(35)31-51)25-27-42-45(5,6)37-21-12-14-23-40(37)49(42)29-8-2/h9-14,16,19-27,30-31H,7-8,15,17-18,28-29H2,1-6H3/q+1. The smallest absolute Gasteiger partial charge is 0.209 e. The van der Waals surface area contributed by atoms with Crippen molar-refractivity contribution in [1.82, 2.24) is 15.0 Å². The summed E-state index contributed by atoms with van der Waals surface area (Å²) >= 11 is 0. The number of para-hydroxylation sites is 2. The van der Waals surface area contributed by atoms with Gasteiger partial charge in [0.25, 0.3) is 0 Å². The van der Waals surface area contributed by atoms with E-state index in [4.69, 9.17) is 5.21 Å². The molecule has 0 saturated heterocycles. The summed E-state index contributed by atoms with van der Waals surface area (Å²) in [5.74, 6) is 0. The van der Waals surface area contributed by atoms with Gasteiger partial charge in [0.05, 0.1) is 17.3 Å². The van der Waals surface area contributed by atoms with E-state index in [9.17, 15) is 4.79 Å². The molecule has 0 spiro atoms. The Balaban J connectivity index is 1.38. The number of carbonyl (C=O) groups excluding carboxylic acids is 1. The molecule has 0 saturated carbocycles. The van der Waals surface area contributed by atoms with E-state index < -0.39 is 0 Å². The molecule has 2 aliphatic heterocycles. The van der Waals surface area contributed by atoms with E-state index in [2.05, 4.69) is 129 Å². The van der Waals surface area contributed by atoms with Gasteiger partial charge < -0.3 is 4.90 Å². The van der Waals surface area contributed by atoms with Gasteiger partial charge in [0, 0.05) is 58.6 Å². The number of carbonyl (C=O) groups is 1. The number of hydrogen-bond acceptors (Lipinski definition) is 4. The van der Waals surface area contributed by atoms with Crippen LogP contribution >= 0.6 is 0 Å². The highest BCUT2D eigenvalue weighted by atomic mass is 16.1. The van der Waals surface area contributed by atoms with Crippen molar-refractivity contribution >= 4 is 29.1 Å². The number of fused-ring (bicyclic) bond motifs is 2. The molecule has 0 unspecified atom stereocenters. The van der Waals surface area contributed by atoms with Crippen molar-refractivity contribution in [3.8, 4) is 11.3 Å². The Labute approximate surface area is 303 Å². The first-order chi connectivity index (χ1) is 24.7. The summed E-state index contributed by atoms with van der Waals surface area (Å²) in [6.45, 7) is 15.8. The fourth-order valence-corrected chi connectivity index (χ4v) is 8.43. The molecule has 0 amide bonds. The van der Waals surface area contributed by atoms with Crippen molar-refractivity contribution in [3.63, 3.8) is 0 Å². The van der Waals surface area contributed by atoms with Crippen LogP contribution in [-0.2, 0) is 10.8 Å². The van der Waals surface area contributed by atoms with Gasteiger partial charge >= 0.3 is 0 Å². The van der Waals surface area contributed by atoms with Gasteiger partial charge in [-0.1, -0.05) is 106 Å². The van der Waals surface area contributed by atoms with Gasteiger partial charge in [-0.05, 0) is 68.4 Å². The van der Waals surface area contributed by atoms with Gasteiger partial charge in [-0.3, -0.25) is 4.79 Å². The first-order valence-electron chi connectivity index (χ1n) is 18.6. The Kier molecular flexibility index (Phi) is 9.36. The third-order valence-corrected chi connectivity index (χ3v) is 11.0. The number of benzene rings is 3. The quantitative estimate of drug-likeness (QED) is 0.124. The number of aldehydes is 1. The molecule has 0 fully saturated rings. The lowest BCUT2D eigenvalue weighted by Crippen LogP contribution is -2.28. The zero-order valence-corrected chi connectivity index (χ0v) is 31.0. The molecule has 1 aromatic heterocycles. The maximum Gasteiger partial charge on any atom is 0.209 e. The summed E-state index contributed by atoms with van der Waals surface area (Å²) in [4.78, 5) is 14.5. The summed E-state index contributed by atoms with van der Waals surface area (Å²) in [6, 6.07) is 25.3. The summed E-state index contributed by atoms with van der Waals surface area (Å²) < 4.78 is 4.45. The van der Waals surface area contributed by atoms with Crippen molar-refractivity contribution < 1.29 is 9.37 Å². The van der Waals surface area contributed by atoms with Crippen molar-refractivity contribution in [2.45, 2.75) is 84.5 Å². The maximum absolute atomic E-state index is 12.0. The molecule has 6 nitrogen and oxygen atoms in total. The first kappa shape index (κ1) is 34.4. The number of hydrogen-bond donors (Lipinski definition) is 0. The predicted octanol–water partition coefficient (Wildman–Crippen LogP) is 10.2. The molecule has 51 heavy (non-hydrogen) atoms. The minimum absolute atomic E-state index is 0.120.